The van der Waals surface area contributed by atoms with Gasteiger partial charge in [-0.1, -0.05) is 0 Å². The Bertz CT molecular complexity index is 401. The van der Waals surface area contributed by atoms with Gasteiger partial charge in [0.15, 0.2) is 0 Å². The van der Waals surface area contributed by atoms with Gasteiger partial charge in [0, 0.05) is 32.3 Å². The minimum absolute atomic E-state index is 0.140. The topological polar surface area (TPSA) is 50.8 Å². The zero-order chi connectivity index (χ0) is 16.4. The van der Waals surface area contributed by atoms with Crippen molar-refractivity contribution in [1.29, 1.82) is 0 Å². The summed E-state index contributed by atoms with van der Waals surface area (Å²) in [6, 6.07) is 0.633. The molecule has 1 N–H and O–H groups in total. The van der Waals surface area contributed by atoms with Gasteiger partial charge in [-0.25, -0.2) is 4.79 Å². The lowest BCUT2D eigenvalue weighted by Crippen LogP contribution is -2.38. The Balaban J connectivity index is 1.40. The molecule has 23 heavy (non-hydrogen) atoms. The van der Waals surface area contributed by atoms with Gasteiger partial charge in [0.1, 0.15) is 5.60 Å². The predicted molar refractivity (Wildman–Crippen MR) is 89.4 cm³/mol. The molecule has 0 bridgehead atoms. The maximum absolute atomic E-state index is 12.2. The molecule has 2 aliphatic heterocycles. The van der Waals surface area contributed by atoms with Crippen molar-refractivity contribution in [2.24, 2.45) is 17.8 Å². The molecular weight excluding hydrogens is 292 g/mol. The van der Waals surface area contributed by atoms with E-state index in [0.717, 1.165) is 38.8 Å². The molecule has 0 aromatic heterocycles. The Morgan fingerprint density at radius 2 is 1.78 bits per heavy atom. The van der Waals surface area contributed by atoms with Crippen LogP contribution in [0.1, 0.15) is 46.5 Å². The van der Waals surface area contributed by atoms with Crippen molar-refractivity contribution < 1.29 is 14.3 Å². The van der Waals surface area contributed by atoms with Crippen LogP contribution in [0.4, 0.5) is 4.79 Å². The molecule has 0 aromatic carbocycles. The van der Waals surface area contributed by atoms with Crippen molar-refractivity contribution in [3.05, 3.63) is 0 Å². The largest absolute Gasteiger partial charge is 0.444 e. The Morgan fingerprint density at radius 3 is 2.35 bits per heavy atom. The lowest BCUT2D eigenvalue weighted by molar-refractivity contribution is 0.0278. The Hall–Kier alpha value is -0.810. The Labute approximate surface area is 140 Å². The third kappa shape index (κ3) is 4.60. The molecule has 1 aliphatic carbocycles. The van der Waals surface area contributed by atoms with Gasteiger partial charge >= 0.3 is 6.09 Å². The summed E-state index contributed by atoms with van der Waals surface area (Å²) in [5.41, 5.74) is -0.400. The van der Waals surface area contributed by atoms with E-state index < -0.39 is 5.60 Å². The summed E-state index contributed by atoms with van der Waals surface area (Å²) in [5.74, 6) is 2.08. The average Bonchev–Trinajstić information content (AvgIpc) is 3.02. The van der Waals surface area contributed by atoms with E-state index in [0.29, 0.717) is 17.9 Å². The van der Waals surface area contributed by atoms with E-state index in [-0.39, 0.29) is 6.09 Å². The molecule has 3 fully saturated rings. The van der Waals surface area contributed by atoms with E-state index in [1.807, 2.05) is 25.7 Å². The number of hydrogen-bond donors (Lipinski definition) is 1. The summed E-state index contributed by atoms with van der Waals surface area (Å²) in [6.45, 7) is 10.5. The average molecular weight is 324 g/mol. The zero-order valence-electron chi connectivity index (χ0n) is 14.8. The summed E-state index contributed by atoms with van der Waals surface area (Å²) in [5, 5.41) is 3.77. The fraction of sp³-hybridized carbons (Fsp3) is 0.944. The molecule has 0 spiro atoms. The van der Waals surface area contributed by atoms with E-state index in [1.165, 1.54) is 25.7 Å². The van der Waals surface area contributed by atoms with Gasteiger partial charge in [-0.3, -0.25) is 0 Å². The number of nitrogens with one attached hydrogen (secondary N) is 1. The molecule has 3 aliphatic rings. The quantitative estimate of drug-likeness (QED) is 0.867. The molecule has 1 amide bonds. The third-order valence-corrected chi connectivity index (χ3v) is 5.44. The molecule has 3 rings (SSSR count). The van der Waals surface area contributed by atoms with Crippen LogP contribution in [0.3, 0.4) is 0 Å². The first-order valence-corrected chi connectivity index (χ1v) is 9.20. The number of nitrogens with zero attached hydrogens (tertiary/aromatic N) is 1. The number of fused-ring (bicyclic) bond motifs is 1. The maximum atomic E-state index is 12.2. The number of hydrogen-bond acceptors (Lipinski definition) is 4. The van der Waals surface area contributed by atoms with Crippen molar-refractivity contribution in [3.8, 4) is 0 Å². The molecule has 2 heterocycles. The fourth-order valence-electron chi connectivity index (χ4n) is 4.23. The summed E-state index contributed by atoms with van der Waals surface area (Å²) in [6.07, 6.45) is 4.65. The lowest BCUT2D eigenvalue weighted by atomic mass is 10.00. The second-order valence-electron chi connectivity index (χ2n) is 8.54. The Kier molecular flexibility index (Phi) is 5.16. The van der Waals surface area contributed by atoms with Gasteiger partial charge < -0.3 is 19.7 Å². The summed E-state index contributed by atoms with van der Waals surface area (Å²) >= 11 is 0. The van der Waals surface area contributed by atoms with Crippen LogP contribution in [0.25, 0.3) is 0 Å². The molecular formula is C18H32N2O3. The normalized spacial score (nSPS) is 32.1. The SMILES string of the molecule is CC(C)(C)OC(=O)N1C[C@H]2CC(NCC3CCOCC3)C[C@H]2C1. The molecule has 5 heteroatoms. The molecule has 0 radical (unpaired) electrons. The first-order valence-electron chi connectivity index (χ1n) is 9.20. The lowest BCUT2D eigenvalue weighted by Gasteiger charge is -2.26. The van der Waals surface area contributed by atoms with Crippen molar-refractivity contribution >= 4 is 6.09 Å². The van der Waals surface area contributed by atoms with E-state index in [4.69, 9.17) is 9.47 Å². The van der Waals surface area contributed by atoms with Gasteiger partial charge in [0.05, 0.1) is 0 Å². The highest BCUT2D eigenvalue weighted by atomic mass is 16.6. The van der Waals surface area contributed by atoms with Crippen LogP contribution in [0, 0.1) is 17.8 Å². The second kappa shape index (κ2) is 6.98. The van der Waals surface area contributed by atoms with Gasteiger partial charge in [-0.15, -0.1) is 0 Å². The van der Waals surface area contributed by atoms with Crippen LogP contribution in [-0.2, 0) is 9.47 Å². The highest BCUT2D eigenvalue weighted by Gasteiger charge is 2.43. The smallest absolute Gasteiger partial charge is 0.410 e. The molecule has 1 unspecified atom stereocenters. The molecule has 132 valence electrons. The minimum Gasteiger partial charge on any atom is -0.444 e. The first-order chi connectivity index (χ1) is 10.9. The van der Waals surface area contributed by atoms with E-state index in [1.54, 1.807) is 0 Å². The minimum atomic E-state index is -0.400. The standard InChI is InChI=1S/C18H32N2O3/c1-18(2,3)23-17(21)20-11-14-8-16(9-15(14)12-20)19-10-13-4-6-22-7-5-13/h13-16,19H,4-12H2,1-3H3/t14-,15+,16?. The van der Waals surface area contributed by atoms with Crippen molar-refractivity contribution in [2.75, 3.05) is 32.8 Å². The fourth-order valence-corrected chi connectivity index (χ4v) is 4.23. The second-order valence-corrected chi connectivity index (χ2v) is 8.54. The van der Waals surface area contributed by atoms with Crippen molar-refractivity contribution in [1.82, 2.24) is 10.2 Å². The number of ether oxygens (including phenoxy) is 2. The third-order valence-electron chi connectivity index (χ3n) is 5.44. The summed E-state index contributed by atoms with van der Waals surface area (Å²) < 4.78 is 10.9. The van der Waals surface area contributed by atoms with Crippen LogP contribution < -0.4 is 5.32 Å². The molecule has 2 saturated heterocycles. The van der Waals surface area contributed by atoms with Crippen LogP contribution in [0.2, 0.25) is 0 Å². The molecule has 5 nitrogen and oxygen atoms in total. The van der Waals surface area contributed by atoms with Gasteiger partial charge in [0.25, 0.3) is 0 Å². The van der Waals surface area contributed by atoms with Crippen LogP contribution >= 0.6 is 0 Å². The Morgan fingerprint density at radius 1 is 1.17 bits per heavy atom. The predicted octanol–water partition coefficient (Wildman–Crippen LogP) is 2.65. The maximum Gasteiger partial charge on any atom is 0.410 e. The number of amides is 1. The van der Waals surface area contributed by atoms with E-state index in [9.17, 15) is 4.79 Å². The van der Waals surface area contributed by atoms with Crippen molar-refractivity contribution in [2.45, 2.75) is 58.1 Å². The van der Waals surface area contributed by atoms with E-state index in [2.05, 4.69) is 5.32 Å². The molecule has 0 aromatic rings. The van der Waals surface area contributed by atoms with Gasteiger partial charge in [-0.2, -0.15) is 0 Å². The summed E-state index contributed by atoms with van der Waals surface area (Å²) in [4.78, 5) is 14.1. The highest BCUT2D eigenvalue weighted by molar-refractivity contribution is 5.68. The number of carbonyl (C=O) groups excluding carboxylic acids is 1. The van der Waals surface area contributed by atoms with Crippen molar-refractivity contribution in [3.63, 3.8) is 0 Å². The van der Waals surface area contributed by atoms with Gasteiger partial charge in [-0.05, 0) is 70.8 Å². The van der Waals surface area contributed by atoms with Crippen LogP contribution in [0.15, 0.2) is 0 Å². The number of rotatable bonds is 3. The number of likely N-dealkylation sites (tertiary alicyclic amines) is 1. The molecule has 3 atom stereocenters. The highest BCUT2D eigenvalue weighted by Crippen LogP contribution is 2.38. The molecule has 1 saturated carbocycles. The summed E-state index contributed by atoms with van der Waals surface area (Å²) in [7, 11) is 0. The van der Waals surface area contributed by atoms with Crippen LogP contribution in [0.5, 0.6) is 0 Å². The van der Waals surface area contributed by atoms with E-state index >= 15 is 0 Å². The van der Waals surface area contributed by atoms with Crippen LogP contribution in [-0.4, -0.2) is 55.5 Å². The number of carbonyl (C=O) groups is 1. The van der Waals surface area contributed by atoms with Gasteiger partial charge in [0.2, 0.25) is 0 Å². The zero-order valence-corrected chi connectivity index (χ0v) is 14.8. The first kappa shape index (κ1) is 17.0. The monoisotopic (exact) mass is 324 g/mol.